The van der Waals surface area contributed by atoms with Crippen LogP contribution in [0.15, 0.2) is 41.0 Å². The van der Waals surface area contributed by atoms with Gasteiger partial charge in [-0.25, -0.2) is 0 Å². The van der Waals surface area contributed by atoms with E-state index >= 15 is 0 Å². The summed E-state index contributed by atoms with van der Waals surface area (Å²) in [5, 5.41) is 4.32. The van der Waals surface area contributed by atoms with Crippen molar-refractivity contribution in [2.75, 3.05) is 6.54 Å². The molecule has 0 saturated heterocycles. The van der Waals surface area contributed by atoms with E-state index < -0.39 is 0 Å². The highest BCUT2D eigenvalue weighted by atomic mass is 79.9. The molecule has 0 amide bonds. The average molecular weight is 354 g/mol. The summed E-state index contributed by atoms with van der Waals surface area (Å²) in [5.74, 6) is 0. The van der Waals surface area contributed by atoms with Crippen LogP contribution in [-0.2, 0) is 6.42 Å². The zero-order chi connectivity index (χ0) is 14.5. The Kier molecular flexibility index (Phi) is 5.58. The molecule has 1 N–H and O–H groups in total. The first kappa shape index (κ1) is 15.5. The number of nitrogens with one attached hydrogen (secondary N) is 1. The fourth-order valence-electron chi connectivity index (χ4n) is 2.25. The Hall–Kier alpha value is -0.900. The quantitative estimate of drug-likeness (QED) is 0.843. The summed E-state index contributed by atoms with van der Waals surface area (Å²) >= 11 is 9.76. The van der Waals surface area contributed by atoms with Crippen LogP contribution in [0.3, 0.4) is 0 Å². The molecular formula is C16H18BrClN2. The van der Waals surface area contributed by atoms with Gasteiger partial charge in [0.25, 0.3) is 0 Å². The molecule has 1 aromatic carbocycles. The molecule has 1 heterocycles. The van der Waals surface area contributed by atoms with E-state index in [0.29, 0.717) is 0 Å². The first-order valence-corrected chi connectivity index (χ1v) is 7.87. The molecule has 4 heteroatoms. The summed E-state index contributed by atoms with van der Waals surface area (Å²) in [7, 11) is 0. The Morgan fingerprint density at radius 3 is 2.75 bits per heavy atom. The number of aryl methyl sites for hydroxylation is 1. The van der Waals surface area contributed by atoms with Gasteiger partial charge in [-0.3, -0.25) is 4.98 Å². The molecule has 20 heavy (non-hydrogen) atoms. The van der Waals surface area contributed by atoms with Gasteiger partial charge in [-0.1, -0.05) is 40.5 Å². The molecule has 2 nitrogen and oxygen atoms in total. The van der Waals surface area contributed by atoms with Crippen molar-refractivity contribution in [3.05, 3.63) is 62.8 Å². The fraction of sp³-hybridized carbons (Fsp3) is 0.312. The Morgan fingerprint density at radius 1 is 1.30 bits per heavy atom. The average Bonchev–Trinajstić information content (AvgIpc) is 2.41. The molecule has 1 atom stereocenters. The van der Waals surface area contributed by atoms with Gasteiger partial charge >= 0.3 is 0 Å². The zero-order valence-corrected chi connectivity index (χ0v) is 14.0. The molecule has 2 rings (SSSR count). The van der Waals surface area contributed by atoms with Crippen molar-refractivity contribution in [1.82, 2.24) is 10.3 Å². The third-order valence-corrected chi connectivity index (χ3v) is 4.06. The third kappa shape index (κ3) is 4.05. The Morgan fingerprint density at radius 2 is 2.10 bits per heavy atom. The molecule has 0 aliphatic rings. The zero-order valence-electron chi connectivity index (χ0n) is 11.7. The van der Waals surface area contributed by atoms with Crippen molar-refractivity contribution in [1.29, 1.82) is 0 Å². The standard InChI is InChI=1S/C16H18BrClN2/c1-3-19-16(13-6-7-20-11(2)8-13)9-12-4-5-14(17)10-15(12)18/h4-8,10,16,19H,3,9H2,1-2H3. The maximum absolute atomic E-state index is 6.32. The highest BCUT2D eigenvalue weighted by Crippen LogP contribution is 2.26. The molecule has 0 bridgehead atoms. The summed E-state index contributed by atoms with van der Waals surface area (Å²) in [5.41, 5.74) is 3.43. The number of aromatic nitrogens is 1. The van der Waals surface area contributed by atoms with Crippen molar-refractivity contribution in [3.8, 4) is 0 Å². The van der Waals surface area contributed by atoms with E-state index in [4.69, 9.17) is 11.6 Å². The lowest BCUT2D eigenvalue weighted by atomic mass is 9.99. The smallest absolute Gasteiger partial charge is 0.0449 e. The predicted molar refractivity (Wildman–Crippen MR) is 88.2 cm³/mol. The lowest BCUT2D eigenvalue weighted by molar-refractivity contribution is 0.549. The summed E-state index contributed by atoms with van der Waals surface area (Å²) in [4.78, 5) is 4.26. The van der Waals surface area contributed by atoms with Gasteiger partial charge in [0.05, 0.1) is 0 Å². The monoisotopic (exact) mass is 352 g/mol. The SMILES string of the molecule is CCNC(Cc1ccc(Br)cc1Cl)c1ccnc(C)c1. The van der Waals surface area contributed by atoms with Crippen LogP contribution in [0.4, 0.5) is 0 Å². The van der Waals surface area contributed by atoms with Gasteiger partial charge in [-0.2, -0.15) is 0 Å². The molecule has 1 aromatic heterocycles. The number of hydrogen-bond acceptors (Lipinski definition) is 2. The predicted octanol–water partition coefficient (Wildman–Crippen LogP) is 4.70. The normalized spacial score (nSPS) is 12.4. The molecule has 0 saturated carbocycles. The van der Waals surface area contributed by atoms with Gasteiger partial charge in [0.15, 0.2) is 0 Å². The van der Waals surface area contributed by atoms with Gasteiger partial charge < -0.3 is 5.32 Å². The van der Waals surface area contributed by atoms with Crippen LogP contribution in [0.1, 0.15) is 29.8 Å². The number of rotatable bonds is 5. The molecule has 0 fully saturated rings. The van der Waals surface area contributed by atoms with Gasteiger partial charge in [-0.05, 0) is 55.3 Å². The highest BCUT2D eigenvalue weighted by molar-refractivity contribution is 9.10. The number of nitrogens with zero attached hydrogens (tertiary/aromatic N) is 1. The summed E-state index contributed by atoms with van der Waals surface area (Å²) in [6.45, 7) is 5.05. The van der Waals surface area contributed by atoms with E-state index in [-0.39, 0.29) is 6.04 Å². The molecule has 2 aromatic rings. The van der Waals surface area contributed by atoms with E-state index in [9.17, 15) is 0 Å². The van der Waals surface area contributed by atoms with Crippen molar-refractivity contribution in [3.63, 3.8) is 0 Å². The van der Waals surface area contributed by atoms with Crippen molar-refractivity contribution < 1.29 is 0 Å². The van der Waals surface area contributed by atoms with Crippen LogP contribution >= 0.6 is 27.5 Å². The Balaban J connectivity index is 2.25. The van der Waals surface area contributed by atoms with Crippen LogP contribution in [0.2, 0.25) is 5.02 Å². The first-order chi connectivity index (χ1) is 9.60. The molecule has 0 radical (unpaired) electrons. The van der Waals surface area contributed by atoms with Crippen molar-refractivity contribution in [2.24, 2.45) is 0 Å². The van der Waals surface area contributed by atoms with Crippen molar-refractivity contribution >= 4 is 27.5 Å². The molecule has 0 spiro atoms. The second-order valence-electron chi connectivity index (χ2n) is 4.78. The van der Waals surface area contributed by atoms with Crippen LogP contribution in [0.25, 0.3) is 0 Å². The molecular weight excluding hydrogens is 336 g/mol. The van der Waals surface area contributed by atoms with Gasteiger partial charge in [0.1, 0.15) is 0 Å². The third-order valence-electron chi connectivity index (χ3n) is 3.21. The Labute approximate surface area is 133 Å². The van der Waals surface area contributed by atoms with Gasteiger partial charge in [0.2, 0.25) is 0 Å². The highest BCUT2D eigenvalue weighted by Gasteiger charge is 2.13. The van der Waals surface area contributed by atoms with E-state index in [1.54, 1.807) is 0 Å². The van der Waals surface area contributed by atoms with E-state index in [1.807, 2.05) is 25.3 Å². The van der Waals surface area contributed by atoms with E-state index in [1.165, 1.54) is 5.56 Å². The van der Waals surface area contributed by atoms with Crippen LogP contribution in [0.5, 0.6) is 0 Å². The van der Waals surface area contributed by atoms with Gasteiger partial charge in [0, 0.05) is 27.4 Å². The molecule has 106 valence electrons. The number of halogens is 2. The second kappa shape index (κ2) is 7.21. The summed E-state index contributed by atoms with van der Waals surface area (Å²) in [6, 6.07) is 10.5. The first-order valence-electron chi connectivity index (χ1n) is 6.70. The minimum Gasteiger partial charge on any atom is -0.310 e. The minimum absolute atomic E-state index is 0.250. The maximum atomic E-state index is 6.32. The van der Waals surface area contributed by atoms with E-state index in [0.717, 1.165) is 33.7 Å². The largest absolute Gasteiger partial charge is 0.310 e. The van der Waals surface area contributed by atoms with Gasteiger partial charge in [-0.15, -0.1) is 0 Å². The lowest BCUT2D eigenvalue weighted by Crippen LogP contribution is -2.23. The number of hydrogen-bond donors (Lipinski definition) is 1. The number of pyridine rings is 1. The number of likely N-dealkylation sites (N-methyl/N-ethyl adjacent to an activating group) is 1. The lowest BCUT2D eigenvalue weighted by Gasteiger charge is -2.19. The molecule has 0 aliphatic heterocycles. The Bertz CT molecular complexity index is 586. The van der Waals surface area contributed by atoms with Crippen LogP contribution < -0.4 is 5.32 Å². The fourth-order valence-corrected chi connectivity index (χ4v) is 3.00. The molecule has 1 unspecified atom stereocenters. The number of benzene rings is 1. The second-order valence-corrected chi connectivity index (χ2v) is 6.10. The summed E-state index contributed by atoms with van der Waals surface area (Å²) in [6.07, 6.45) is 2.72. The van der Waals surface area contributed by atoms with E-state index in [2.05, 4.69) is 51.4 Å². The maximum Gasteiger partial charge on any atom is 0.0449 e. The van der Waals surface area contributed by atoms with Crippen LogP contribution in [0, 0.1) is 6.92 Å². The topological polar surface area (TPSA) is 24.9 Å². The summed E-state index contributed by atoms with van der Waals surface area (Å²) < 4.78 is 1.01. The minimum atomic E-state index is 0.250. The molecule has 0 aliphatic carbocycles. The van der Waals surface area contributed by atoms with Crippen LogP contribution in [-0.4, -0.2) is 11.5 Å². The van der Waals surface area contributed by atoms with Crippen molar-refractivity contribution in [2.45, 2.75) is 26.3 Å².